The number of hydrogen-bond acceptors (Lipinski definition) is 2. The summed E-state index contributed by atoms with van der Waals surface area (Å²) < 4.78 is 0. The minimum atomic E-state index is 0. The Kier molecular flexibility index (Phi) is 9.85. The molecule has 1 amide bonds. The highest BCUT2D eigenvalue weighted by molar-refractivity contribution is 14.0. The fourth-order valence-corrected chi connectivity index (χ4v) is 2.88. The van der Waals surface area contributed by atoms with Crippen LogP contribution in [0.5, 0.6) is 0 Å². The van der Waals surface area contributed by atoms with Crippen LogP contribution in [0.15, 0.2) is 29.3 Å². The Bertz CT molecular complexity index is 574. The number of carbonyl (C=O) groups excluding carboxylic acids is 1. The maximum absolute atomic E-state index is 12.4. The number of benzene rings is 1. The summed E-state index contributed by atoms with van der Waals surface area (Å²) in [5, 5.41) is 6.58. The second kappa shape index (κ2) is 11.3. The molecule has 0 spiro atoms. The van der Waals surface area contributed by atoms with Crippen LogP contribution in [0, 0.1) is 5.92 Å². The summed E-state index contributed by atoms with van der Waals surface area (Å²) in [5.41, 5.74) is 2.36. The molecular weight excluding hydrogens is 427 g/mol. The van der Waals surface area contributed by atoms with E-state index >= 15 is 0 Å². The van der Waals surface area contributed by atoms with Crippen LogP contribution >= 0.6 is 24.0 Å². The third-order valence-electron chi connectivity index (χ3n) is 4.29. The van der Waals surface area contributed by atoms with E-state index in [0.717, 1.165) is 50.5 Å². The van der Waals surface area contributed by atoms with E-state index in [4.69, 9.17) is 0 Å². The number of rotatable bonds is 7. The zero-order valence-electron chi connectivity index (χ0n) is 15.5. The van der Waals surface area contributed by atoms with Crippen LogP contribution in [0.3, 0.4) is 0 Å². The van der Waals surface area contributed by atoms with Crippen molar-refractivity contribution in [2.24, 2.45) is 10.9 Å². The molecule has 2 N–H and O–H groups in total. The summed E-state index contributed by atoms with van der Waals surface area (Å²) >= 11 is 0. The Morgan fingerprint density at radius 1 is 1.24 bits per heavy atom. The molecular formula is C19H31IN4O. The predicted molar refractivity (Wildman–Crippen MR) is 116 cm³/mol. The van der Waals surface area contributed by atoms with Gasteiger partial charge >= 0.3 is 0 Å². The number of para-hydroxylation sites is 1. The van der Waals surface area contributed by atoms with Gasteiger partial charge in [-0.1, -0.05) is 32.0 Å². The zero-order valence-corrected chi connectivity index (χ0v) is 17.9. The molecule has 5 nitrogen and oxygen atoms in total. The third kappa shape index (κ3) is 6.84. The van der Waals surface area contributed by atoms with E-state index in [-0.39, 0.29) is 29.9 Å². The van der Waals surface area contributed by atoms with Gasteiger partial charge in [0, 0.05) is 38.8 Å². The Balaban J connectivity index is 0.00000312. The number of amides is 1. The van der Waals surface area contributed by atoms with E-state index in [1.165, 1.54) is 5.56 Å². The van der Waals surface area contributed by atoms with Crippen molar-refractivity contribution in [3.63, 3.8) is 0 Å². The van der Waals surface area contributed by atoms with Crippen molar-refractivity contribution in [2.75, 3.05) is 31.6 Å². The molecule has 0 bridgehead atoms. The van der Waals surface area contributed by atoms with Gasteiger partial charge in [-0.15, -0.1) is 24.0 Å². The molecule has 1 aromatic carbocycles. The number of aliphatic imine (C=N–C) groups is 1. The highest BCUT2D eigenvalue weighted by Crippen LogP contribution is 2.27. The first-order valence-electron chi connectivity index (χ1n) is 8.94. The molecule has 2 rings (SSSR count). The molecule has 6 heteroatoms. The molecule has 140 valence electrons. The van der Waals surface area contributed by atoms with Crippen LogP contribution < -0.4 is 15.5 Å². The van der Waals surface area contributed by atoms with Crippen molar-refractivity contribution in [1.29, 1.82) is 0 Å². The van der Waals surface area contributed by atoms with Crippen molar-refractivity contribution in [2.45, 2.75) is 39.5 Å². The fraction of sp³-hybridized carbons (Fsp3) is 0.579. The number of anilines is 1. The van der Waals surface area contributed by atoms with Gasteiger partial charge in [-0.3, -0.25) is 9.79 Å². The fourth-order valence-electron chi connectivity index (χ4n) is 2.88. The van der Waals surface area contributed by atoms with Gasteiger partial charge < -0.3 is 15.5 Å². The topological polar surface area (TPSA) is 56.7 Å². The van der Waals surface area contributed by atoms with Gasteiger partial charge in [0.05, 0.1) is 0 Å². The predicted octanol–water partition coefficient (Wildman–Crippen LogP) is 3.19. The van der Waals surface area contributed by atoms with Gasteiger partial charge in [-0.25, -0.2) is 0 Å². The van der Waals surface area contributed by atoms with Gasteiger partial charge in [0.1, 0.15) is 0 Å². The lowest BCUT2D eigenvalue weighted by molar-refractivity contribution is -0.118. The number of carbonyl (C=O) groups is 1. The summed E-state index contributed by atoms with van der Waals surface area (Å²) in [6.07, 6.45) is 3.45. The number of halogens is 1. The SMILES string of the molecule is CN=C(NCCCC(=O)N1CCc2ccccc21)NCCC(C)C.I. The molecule has 1 heterocycles. The quantitative estimate of drug-likeness (QED) is 0.286. The number of nitrogens with zero attached hydrogens (tertiary/aromatic N) is 2. The molecule has 0 aliphatic carbocycles. The largest absolute Gasteiger partial charge is 0.356 e. The summed E-state index contributed by atoms with van der Waals surface area (Å²) in [4.78, 5) is 18.6. The van der Waals surface area contributed by atoms with Crippen LogP contribution in [0.25, 0.3) is 0 Å². The summed E-state index contributed by atoms with van der Waals surface area (Å²) in [6.45, 7) is 6.90. The van der Waals surface area contributed by atoms with E-state index in [9.17, 15) is 4.79 Å². The highest BCUT2D eigenvalue weighted by atomic mass is 127. The van der Waals surface area contributed by atoms with Crippen LogP contribution in [0.4, 0.5) is 5.69 Å². The first-order chi connectivity index (χ1) is 11.6. The summed E-state index contributed by atoms with van der Waals surface area (Å²) in [5.74, 6) is 1.70. The van der Waals surface area contributed by atoms with Crippen molar-refractivity contribution < 1.29 is 4.79 Å². The molecule has 0 unspecified atom stereocenters. The van der Waals surface area contributed by atoms with Crippen LogP contribution in [0.1, 0.15) is 38.7 Å². The zero-order chi connectivity index (χ0) is 17.4. The van der Waals surface area contributed by atoms with Gasteiger partial charge in [0.2, 0.25) is 5.91 Å². The van der Waals surface area contributed by atoms with Crippen molar-refractivity contribution in [3.8, 4) is 0 Å². The van der Waals surface area contributed by atoms with Gasteiger partial charge in [0.25, 0.3) is 0 Å². The van der Waals surface area contributed by atoms with Crippen LogP contribution in [0.2, 0.25) is 0 Å². The molecule has 1 aliphatic rings. The Morgan fingerprint density at radius 2 is 1.96 bits per heavy atom. The molecule has 0 aromatic heterocycles. The molecule has 0 fully saturated rings. The first kappa shape index (κ1) is 21.7. The number of hydrogen-bond donors (Lipinski definition) is 2. The molecule has 0 saturated carbocycles. The average Bonchev–Trinajstić information content (AvgIpc) is 3.00. The summed E-state index contributed by atoms with van der Waals surface area (Å²) in [7, 11) is 1.77. The van der Waals surface area contributed by atoms with E-state index < -0.39 is 0 Å². The lowest BCUT2D eigenvalue weighted by Crippen LogP contribution is -2.39. The molecule has 1 aliphatic heterocycles. The Labute approximate surface area is 168 Å². The smallest absolute Gasteiger partial charge is 0.227 e. The van der Waals surface area contributed by atoms with Crippen LogP contribution in [-0.2, 0) is 11.2 Å². The minimum absolute atomic E-state index is 0. The maximum atomic E-state index is 12.4. The highest BCUT2D eigenvalue weighted by Gasteiger charge is 2.23. The second-order valence-corrected chi connectivity index (χ2v) is 6.64. The monoisotopic (exact) mass is 458 g/mol. The molecule has 1 aromatic rings. The van der Waals surface area contributed by atoms with Gasteiger partial charge in [-0.2, -0.15) is 0 Å². The van der Waals surface area contributed by atoms with E-state index in [1.807, 2.05) is 23.1 Å². The first-order valence-corrected chi connectivity index (χ1v) is 8.94. The second-order valence-electron chi connectivity index (χ2n) is 6.64. The van der Waals surface area contributed by atoms with Crippen molar-refractivity contribution in [1.82, 2.24) is 10.6 Å². The third-order valence-corrected chi connectivity index (χ3v) is 4.29. The summed E-state index contributed by atoms with van der Waals surface area (Å²) in [6, 6.07) is 8.18. The minimum Gasteiger partial charge on any atom is -0.356 e. The molecule has 0 radical (unpaired) electrons. The lowest BCUT2D eigenvalue weighted by atomic mass is 10.1. The average molecular weight is 458 g/mol. The normalized spacial score (nSPS) is 13.4. The lowest BCUT2D eigenvalue weighted by Gasteiger charge is -2.17. The number of fused-ring (bicyclic) bond motifs is 1. The molecule has 0 atom stereocenters. The number of guanidine groups is 1. The van der Waals surface area contributed by atoms with Crippen molar-refractivity contribution >= 4 is 41.5 Å². The molecule has 25 heavy (non-hydrogen) atoms. The Morgan fingerprint density at radius 3 is 2.68 bits per heavy atom. The molecule has 0 saturated heterocycles. The van der Waals surface area contributed by atoms with Crippen molar-refractivity contribution in [3.05, 3.63) is 29.8 Å². The van der Waals surface area contributed by atoms with Crippen LogP contribution in [-0.4, -0.2) is 38.5 Å². The van der Waals surface area contributed by atoms with Gasteiger partial charge in [0.15, 0.2) is 5.96 Å². The number of nitrogens with one attached hydrogen (secondary N) is 2. The maximum Gasteiger partial charge on any atom is 0.227 e. The van der Waals surface area contributed by atoms with E-state index in [0.29, 0.717) is 12.3 Å². The van der Waals surface area contributed by atoms with Gasteiger partial charge in [-0.05, 0) is 36.8 Å². The van der Waals surface area contributed by atoms with E-state index in [2.05, 4.69) is 35.5 Å². The Hall–Kier alpha value is -1.31. The van der Waals surface area contributed by atoms with E-state index in [1.54, 1.807) is 7.05 Å². The standard InChI is InChI=1S/C19H30N4O.HI/c1-15(2)10-13-22-19(20-3)21-12-6-9-18(24)23-14-11-16-7-4-5-8-17(16)23;/h4-5,7-8,15H,6,9-14H2,1-3H3,(H2,20,21,22);1H.